The number of rotatable bonds is 2. The Morgan fingerprint density at radius 2 is 1.73 bits per heavy atom. The first-order valence-electron chi connectivity index (χ1n) is 4.79. The van der Waals surface area contributed by atoms with Gasteiger partial charge in [-0.15, -0.1) is 0 Å². The van der Waals surface area contributed by atoms with Crippen molar-refractivity contribution in [1.82, 2.24) is 10.3 Å². The van der Waals surface area contributed by atoms with E-state index in [4.69, 9.17) is 5.84 Å². The monoisotopic (exact) mass is 213 g/mol. The molecule has 0 saturated carbocycles. The molecule has 1 aliphatic heterocycles. The fraction of sp³-hybridized carbons (Fsp3) is 0.667. The van der Waals surface area contributed by atoms with Crippen LogP contribution in [0.2, 0.25) is 0 Å². The first-order chi connectivity index (χ1) is 6.91. The van der Waals surface area contributed by atoms with E-state index in [-0.39, 0.29) is 23.7 Å². The molecule has 0 aromatic heterocycles. The Morgan fingerprint density at radius 3 is 2.07 bits per heavy atom. The summed E-state index contributed by atoms with van der Waals surface area (Å²) in [5.41, 5.74) is 1.93. The van der Waals surface area contributed by atoms with E-state index in [0.29, 0.717) is 0 Å². The molecule has 84 valence electrons. The molecule has 1 aliphatic rings. The zero-order valence-corrected chi connectivity index (χ0v) is 8.98. The molecule has 1 fully saturated rings. The van der Waals surface area contributed by atoms with Crippen molar-refractivity contribution in [2.24, 2.45) is 17.7 Å². The molecule has 15 heavy (non-hydrogen) atoms. The molecule has 6 nitrogen and oxygen atoms in total. The Kier molecular flexibility index (Phi) is 3.09. The third kappa shape index (κ3) is 1.72. The Bertz CT molecular complexity index is 296. The number of nitrogens with one attached hydrogen (secondary N) is 1. The van der Waals surface area contributed by atoms with Gasteiger partial charge in [0.05, 0.1) is 0 Å². The van der Waals surface area contributed by atoms with E-state index >= 15 is 0 Å². The van der Waals surface area contributed by atoms with Crippen molar-refractivity contribution in [3.63, 3.8) is 0 Å². The number of hydrazine groups is 1. The van der Waals surface area contributed by atoms with E-state index in [1.54, 1.807) is 13.8 Å². The first kappa shape index (κ1) is 11.6. The van der Waals surface area contributed by atoms with Gasteiger partial charge in [0.25, 0.3) is 5.91 Å². The molecular formula is C9H15N3O3. The van der Waals surface area contributed by atoms with E-state index in [2.05, 4.69) is 0 Å². The zero-order chi connectivity index (χ0) is 11.7. The van der Waals surface area contributed by atoms with Crippen molar-refractivity contribution < 1.29 is 14.4 Å². The number of carbonyl (C=O) groups excluding carboxylic acids is 3. The fourth-order valence-corrected chi connectivity index (χ4v) is 1.59. The molecule has 1 saturated heterocycles. The lowest BCUT2D eigenvalue weighted by Crippen LogP contribution is -2.50. The minimum Gasteiger partial charge on any atom is -0.292 e. The number of nitrogens with zero attached hydrogens (tertiary/aromatic N) is 1. The minimum atomic E-state index is -0.845. The highest BCUT2D eigenvalue weighted by Crippen LogP contribution is 2.26. The lowest BCUT2D eigenvalue weighted by atomic mass is 10.00. The summed E-state index contributed by atoms with van der Waals surface area (Å²) in [5.74, 6) is 3.04. The van der Waals surface area contributed by atoms with Crippen LogP contribution in [-0.2, 0) is 14.4 Å². The van der Waals surface area contributed by atoms with Crippen LogP contribution in [0.1, 0.15) is 20.8 Å². The number of nitrogens with two attached hydrogens (primary N) is 1. The van der Waals surface area contributed by atoms with Crippen molar-refractivity contribution >= 4 is 17.7 Å². The van der Waals surface area contributed by atoms with Gasteiger partial charge in [-0.2, -0.15) is 0 Å². The summed E-state index contributed by atoms with van der Waals surface area (Å²) in [5, 5.41) is 0. The van der Waals surface area contributed by atoms with Gasteiger partial charge >= 0.3 is 0 Å². The van der Waals surface area contributed by atoms with Gasteiger partial charge in [0, 0.05) is 11.8 Å². The molecule has 3 amide bonds. The topological polar surface area (TPSA) is 92.5 Å². The van der Waals surface area contributed by atoms with Crippen LogP contribution < -0.4 is 11.3 Å². The van der Waals surface area contributed by atoms with Crippen molar-refractivity contribution in [2.45, 2.75) is 26.8 Å². The highest BCUT2D eigenvalue weighted by molar-refractivity contribution is 6.07. The second-order valence-corrected chi connectivity index (χ2v) is 3.81. The van der Waals surface area contributed by atoms with Gasteiger partial charge in [-0.05, 0) is 6.92 Å². The predicted octanol–water partition coefficient (Wildman–Crippen LogP) is -0.994. The maximum absolute atomic E-state index is 11.7. The molecule has 1 heterocycles. The molecule has 0 spiro atoms. The van der Waals surface area contributed by atoms with Crippen LogP contribution >= 0.6 is 0 Å². The Hall–Kier alpha value is -1.43. The summed E-state index contributed by atoms with van der Waals surface area (Å²) in [6.07, 6.45) is 0. The standard InChI is InChI=1S/C9H15N3O3/c1-4-5(2)9(15)12(8(4)14)6(3)7(13)11-10/h4-6H,10H2,1-3H3,(H,11,13). The normalized spacial score (nSPS) is 28.1. The van der Waals surface area contributed by atoms with Crippen LogP contribution in [0.15, 0.2) is 0 Å². The number of amides is 3. The van der Waals surface area contributed by atoms with Crippen LogP contribution in [0.5, 0.6) is 0 Å². The SMILES string of the molecule is CC1C(=O)N(C(C)C(=O)NN)C(=O)C1C. The van der Waals surface area contributed by atoms with E-state index in [1.807, 2.05) is 5.43 Å². The first-order valence-corrected chi connectivity index (χ1v) is 4.79. The van der Waals surface area contributed by atoms with Crippen LogP contribution in [0.4, 0.5) is 0 Å². The van der Waals surface area contributed by atoms with Crippen molar-refractivity contribution in [2.75, 3.05) is 0 Å². The second-order valence-electron chi connectivity index (χ2n) is 3.81. The third-order valence-corrected chi connectivity index (χ3v) is 2.91. The summed E-state index contributed by atoms with van der Waals surface area (Å²) in [6, 6.07) is -0.845. The van der Waals surface area contributed by atoms with E-state index < -0.39 is 11.9 Å². The largest absolute Gasteiger partial charge is 0.292 e. The van der Waals surface area contributed by atoms with Crippen molar-refractivity contribution in [1.29, 1.82) is 0 Å². The number of carbonyl (C=O) groups is 3. The number of hydrogen-bond donors (Lipinski definition) is 2. The molecule has 6 heteroatoms. The van der Waals surface area contributed by atoms with Gasteiger partial charge in [-0.25, -0.2) is 5.84 Å². The quantitative estimate of drug-likeness (QED) is 0.266. The molecule has 1 rings (SSSR count). The molecule has 0 aromatic rings. The molecule has 0 radical (unpaired) electrons. The smallest absolute Gasteiger partial charge is 0.256 e. The van der Waals surface area contributed by atoms with Gasteiger partial charge in [0.15, 0.2) is 0 Å². The van der Waals surface area contributed by atoms with Crippen LogP contribution in [0, 0.1) is 11.8 Å². The summed E-state index contributed by atoms with van der Waals surface area (Å²) < 4.78 is 0. The Labute approximate surface area is 87.8 Å². The molecule has 0 aromatic carbocycles. The highest BCUT2D eigenvalue weighted by atomic mass is 16.2. The summed E-state index contributed by atoms with van der Waals surface area (Å²) in [7, 11) is 0. The molecule has 0 aliphatic carbocycles. The molecule has 3 unspecified atom stereocenters. The lowest BCUT2D eigenvalue weighted by Gasteiger charge is -2.21. The number of hydrogen-bond acceptors (Lipinski definition) is 4. The average Bonchev–Trinajstić information content (AvgIpc) is 2.41. The van der Waals surface area contributed by atoms with E-state index in [9.17, 15) is 14.4 Å². The maximum Gasteiger partial charge on any atom is 0.256 e. The van der Waals surface area contributed by atoms with Gasteiger partial charge < -0.3 is 0 Å². The van der Waals surface area contributed by atoms with E-state index in [0.717, 1.165) is 4.90 Å². The second kappa shape index (κ2) is 3.98. The molecule has 3 atom stereocenters. The third-order valence-electron chi connectivity index (χ3n) is 2.91. The van der Waals surface area contributed by atoms with Crippen molar-refractivity contribution in [3.8, 4) is 0 Å². The summed E-state index contributed by atoms with van der Waals surface area (Å²) in [6.45, 7) is 4.83. The molecular weight excluding hydrogens is 198 g/mol. The Morgan fingerprint density at radius 1 is 1.33 bits per heavy atom. The summed E-state index contributed by atoms with van der Waals surface area (Å²) >= 11 is 0. The van der Waals surface area contributed by atoms with Gasteiger partial charge in [-0.3, -0.25) is 24.7 Å². The summed E-state index contributed by atoms with van der Waals surface area (Å²) in [4.78, 5) is 35.5. The molecule has 3 N–H and O–H groups in total. The Balaban J connectivity index is 2.92. The maximum atomic E-state index is 11.7. The minimum absolute atomic E-state index is 0.316. The van der Waals surface area contributed by atoms with Crippen LogP contribution in [0.3, 0.4) is 0 Å². The number of likely N-dealkylation sites (tertiary alicyclic amines) is 1. The van der Waals surface area contributed by atoms with E-state index in [1.165, 1.54) is 6.92 Å². The predicted molar refractivity (Wildman–Crippen MR) is 52.0 cm³/mol. The zero-order valence-electron chi connectivity index (χ0n) is 8.98. The average molecular weight is 213 g/mol. The van der Waals surface area contributed by atoms with Crippen molar-refractivity contribution in [3.05, 3.63) is 0 Å². The lowest BCUT2D eigenvalue weighted by molar-refractivity contribution is -0.147. The van der Waals surface area contributed by atoms with Crippen LogP contribution in [-0.4, -0.2) is 28.7 Å². The highest BCUT2D eigenvalue weighted by Gasteiger charge is 2.45. The molecule has 0 bridgehead atoms. The fourth-order valence-electron chi connectivity index (χ4n) is 1.59. The van der Waals surface area contributed by atoms with Gasteiger partial charge in [0.2, 0.25) is 11.8 Å². The van der Waals surface area contributed by atoms with Gasteiger partial charge in [0.1, 0.15) is 6.04 Å². The number of imide groups is 1. The van der Waals surface area contributed by atoms with Crippen LogP contribution in [0.25, 0.3) is 0 Å². The van der Waals surface area contributed by atoms with Gasteiger partial charge in [-0.1, -0.05) is 13.8 Å².